The van der Waals surface area contributed by atoms with Gasteiger partial charge in [0.1, 0.15) is 6.10 Å². The molecule has 1 N–H and O–H groups in total. The third-order valence-electron chi connectivity index (χ3n) is 4.35. The molecule has 0 amide bonds. The van der Waals surface area contributed by atoms with Gasteiger partial charge in [-0.3, -0.25) is 0 Å². The van der Waals surface area contributed by atoms with E-state index in [-0.39, 0.29) is 25.1 Å². The lowest BCUT2D eigenvalue weighted by Crippen LogP contribution is -3.00. The predicted octanol–water partition coefficient (Wildman–Crippen LogP) is 2.59. The fourth-order valence-electron chi connectivity index (χ4n) is 3.14. The second-order valence-electron chi connectivity index (χ2n) is 6.77. The molecule has 0 radical (unpaired) electrons. The van der Waals surface area contributed by atoms with Crippen LogP contribution in [0, 0.1) is 0 Å². The number of halogens is 3. The fourth-order valence-corrected chi connectivity index (χ4v) is 3.40. The van der Waals surface area contributed by atoms with Gasteiger partial charge in [0.25, 0.3) is 0 Å². The molecule has 28 heavy (non-hydrogen) atoms. The minimum absolute atomic E-state index is 0. The zero-order valence-electron chi connectivity index (χ0n) is 16.5. The van der Waals surface area contributed by atoms with Crippen LogP contribution in [0.15, 0.2) is 48.5 Å². The molecule has 0 aliphatic rings. The Labute approximate surface area is 185 Å². The maximum absolute atomic E-state index is 10.5. The van der Waals surface area contributed by atoms with Crippen molar-refractivity contribution in [3.8, 4) is 0 Å². The first-order valence-electron chi connectivity index (χ1n) is 9.56. The van der Waals surface area contributed by atoms with Crippen molar-refractivity contribution in [3.63, 3.8) is 0 Å². The van der Waals surface area contributed by atoms with E-state index in [0.717, 1.165) is 37.1 Å². The van der Waals surface area contributed by atoms with E-state index in [0.29, 0.717) is 16.6 Å². The van der Waals surface area contributed by atoms with Crippen molar-refractivity contribution in [3.05, 3.63) is 69.7 Å². The SMILES string of the molecule is CCCN(CCC)CC(O)COC(c1ccc(Cl)cc1)c1ccc(Cl)cc1.[Cl-]. The van der Waals surface area contributed by atoms with E-state index < -0.39 is 6.10 Å². The maximum Gasteiger partial charge on any atom is 0.108 e. The van der Waals surface area contributed by atoms with E-state index in [1.807, 2.05) is 48.5 Å². The van der Waals surface area contributed by atoms with Crippen LogP contribution in [-0.4, -0.2) is 42.4 Å². The van der Waals surface area contributed by atoms with Crippen LogP contribution in [0.25, 0.3) is 0 Å². The molecule has 0 saturated heterocycles. The number of ether oxygens (including phenoxy) is 1. The van der Waals surface area contributed by atoms with Gasteiger partial charge in [0, 0.05) is 16.6 Å². The number of hydrogen-bond acceptors (Lipinski definition) is 3. The molecule has 0 spiro atoms. The van der Waals surface area contributed by atoms with E-state index in [1.165, 1.54) is 0 Å². The Morgan fingerprint density at radius 2 is 1.29 bits per heavy atom. The summed E-state index contributed by atoms with van der Waals surface area (Å²) in [7, 11) is 0. The largest absolute Gasteiger partial charge is 1.00 e. The van der Waals surface area contributed by atoms with E-state index in [2.05, 4.69) is 18.7 Å². The van der Waals surface area contributed by atoms with Crippen LogP contribution >= 0.6 is 23.2 Å². The molecule has 0 aliphatic carbocycles. The average molecular weight is 446 g/mol. The van der Waals surface area contributed by atoms with E-state index >= 15 is 0 Å². The second kappa shape index (κ2) is 13.4. The maximum atomic E-state index is 10.5. The first kappa shape index (κ1) is 25.2. The van der Waals surface area contributed by atoms with Crippen molar-refractivity contribution in [2.24, 2.45) is 0 Å². The molecule has 1 atom stereocenters. The monoisotopic (exact) mass is 444 g/mol. The lowest BCUT2D eigenvalue weighted by atomic mass is 10.0. The lowest BCUT2D eigenvalue weighted by Gasteiger charge is -2.26. The van der Waals surface area contributed by atoms with Crippen LogP contribution in [0.5, 0.6) is 0 Å². The van der Waals surface area contributed by atoms with Crippen molar-refractivity contribution in [1.82, 2.24) is 4.90 Å². The lowest BCUT2D eigenvalue weighted by molar-refractivity contribution is -0.00837. The summed E-state index contributed by atoms with van der Waals surface area (Å²) in [5.74, 6) is 0. The molecule has 0 aromatic heterocycles. The Kier molecular flexibility index (Phi) is 12.1. The summed E-state index contributed by atoms with van der Waals surface area (Å²) in [6, 6.07) is 15.2. The third-order valence-corrected chi connectivity index (χ3v) is 4.85. The summed E-state index contributed by atoms with van der Waals surface area (Å²) in [5.41, 5.74) is 1.99. The molecule has 3 nitrogen and oxygen atoms in total. The van der Waals surface area contributed by atoms with Crippen molar-refractivity contribution < 1.29 is 22.3 Å². The average Bonchev–Trinajstić information content (AvgIpc) is 2.65. The Morgan fingerprint density at radius 3 is 1.68 bits per heavy atom. The van der Waals surface area contributed by atoms with Crippen molar-refractivity contribution in [2.45, 2.75) is 38.9 Å². The van der Waals surface area contributed by atoms with Crippen LogP contribution in [0.3, 0.4) is 0 Å². The number of nitrogens with zero attached hydrogens (tertiary/aromatic N) is 1. The Hall–Kier alpha value is -0.810. The van der Waals surface area contributed by atoms with Crippen molar-refractivity contribution in [1.29, 1.82) is 0 Å². The Balaban J connectivity index is 0.00000392. The van der Waals surface area contributed by atoms with Gasteiger partial charge in [-0.05, 0) is 61.3 Å². The summed E-state index contributed by atoms with van der Waals surface area (Å²) in [6.45, 7) is 7.17. The predicted molar refractivity (Wildman–Crippen MR) is 114 cm³/mol. The summed E-state index contributed by atoms with van der Waals surface area (Å²) < 4.78 is 6.15. The van der Waals surface area contributed by atoms with Gasteiger partial charge in [0.05, 0.1) is 12.7 Å². The molecular weight excluding hydrogens is 417 g/mol. The zero-order chi connectivity index (χ0) is 19.6. The molecule has 2 rings (SSSR count). The standard InChI is InChI=1S/C22H29Cl2NO2.ClH/c1-3-13-25(14-4-2)15-21(26)16-27-22(17-5-9-19(23)10-6-17)18-7-11-20(24)12-8-18;/h5-12,21-22,26H,3-4,13-16H2,1-2H3;1H/p-1. The number of benzene rings is 2. The minimum Gasteiger partial charge on any atom is -1.00 e. The molecule has 0 saturated carbocycles. The molecule has 0 bridgehead atoms. The van der Waals surface area contributed by atoms with Crippen LogP contribution in [-0.2, 0) is 4.74 Å². The van der Waals surface area contributed by atoms with Gasteiger partial charge in [-0.15, -0.1) is 0 Å². The summed E-state index contributed by atoms with van der Waals surface area (Å²) in [5, 5.41) is 11.9. The smallest absolute Gasteiger partial charge is 0.108 e. The molecule has 0 heterocycles. The quantitative estimate of drug-likeness (QED) is 0.577. The van der Waals surface area contributed by atoms with Crippen LogP contribution < -0.4 is 12.4 Å². The van der Waals surface area contributed by atoms with Gasteiger partial charge in [-0.1, -0.05) is 61.3 Å². The number of rotatable bonds is 11. The molecule has 1 unspecified atom stereocenters. The first-order valence-corrected chi connectivity index (χ1v) is 10.3. The highest BCUT2D eigenvalue weighted by atomic mass is 35.5. The van der Waals surface area contributed by atoms with Crippen LogP contribution in [0.4, 0.5) is 0 Å². The molecule has 156 valence electrons. The summed E-state index contributed by atoms with van der Waals surface area (Å²) in [6.07, 6.45) is 1.34. The van der Waals surface area contributed by atoms with Gasteiger partial charge < -0.3 is 27.2 Å². The minimum atomic E-state index is -0.537. The first-order chi connectivity index (χ1) is 13.0. The van der Waals surface area contributed by atoms with Gasteiger partial charge in [0.15, 0.2) is 0 Å². The Bertz CT molecular complexity index is 613. The number of hydrogen-bond donors (Lipinski definition) is 1. The molecule has 0 aliphatic heterocycles. The zero-order valence-corrected chi connectivity index (χ0v) is 18.7. The topological polar surface area (TPSA) is 32.7 Å². The summed E-state index contributed by atoms with van der Waals surface area (Å²) >= 11 is 12.0. The Morgan fingerprint density at radius 1 is 0.857 bits per heavy atom. The molecule has 2 aromatic carbocycles. The van der Waals surface area contributed by atoms with Gasteiger partial charge in [0.2, 0.25) is 0 Å². The molecule has 0 fully saturated rings. The van der Waals surface area contributed by atoms with Crippen molar-refractivity contribution in [2.75, 3.05) is 26.2 Å². The second-order valence-corrected chi connectivity index (χ2v) is 7.64. The number of aliphatic hydroxyl groups is 1. The highest BCUT2D eigenvalue weighted by Crippen LogP contribution is 2.28. The van der Waals surface area contributed by atoms with Gasteiger partial charge >= 0.3 is 0 Å². The normalized spacial score (nSPS) is 12.2. The van der Waals surface area contributed by atoms with E-state index in [9.17, 15) is 5.11 Å². The van der Waals surface area contributed by atoms with Crippen LogP contribution in [0.1, 0.15) is 43.9 Å². The highest BCUT2D eigenvalue weighted by molar-refractivity contribution is 6.30. The van der Waals surface area contributed by atoms with E-state index in [4.69, 9.17) is 27.9 Å². The third kappa shape index (κ3) is 8.28. The number of aliphatic hydroxyl groups excluding tert-OH is 1. The molecule has 2 aromatic rings. The van der Waals surface area contributed by atoms with Crippen LogP contribution in [0.2, 0.25) is 10.0 Å². The van der Waals surface area contributed by atoms with Crippen molar-refractivity contribution >= 4 is 23.2 Å². The summed E-state index contributed by atoms with van der Waals surface area (Å²) in [4.78, 5) is 2.29. The molecule has 6 heteroatoms. The molecular formula is C22H29Cl3NO2-. The highest BCUT2D eigenvalue weighted by Gasteiger charge is 2.18. The fraction of sp³-hybridized carbons (Fsp3) is 0.455. The van der Waals surface area contributed by atoms with Gasteiger partial charge in [-0.25, -0.2) is 0 Å². The van der Waals surface area contributed by atoms with E-state index in [1.54, 1.807) is 0 Å². The van der Waals surface area contributed by atoms with Gasteiger partial charge in [-0.2, -0.15) is 0 Å².